The molecule has 0 aliphatic heterocycles. The van der Waals surface area contributed by atoms with Crippen molar-refractivity contribution < 1.29 is 19.0 Å². The zero-order chi connectivity index (χ0) is 20.1. The van der Waals surface area contributed by atoms with Crippen LogP contribution in [0, 0.1) is 17.2 Å². The first kappa shape index (κ1) is 19.3. The van der Waals surface area contributed by atoms with Gasteiger partial charge in [0.25, 0.3) is 0 Å². The number of fused-ring (bicyclic) bond motifs is 1. The molecule has 144 valence electrons. The van der Waals surface area contributed by atoms with E-state index in [1.807, 2.05) is 28.8 Å². The van der Waals surface area contributed by atoms with E-state index in [0.29, 0.717) is 40.7 Å². The number of aromatic nitrogens is 1. The van der Waals surface area contributed by atoms with Gasteiger partial charge in [0.2, 0.25) is 0 Å². The molecule has 0 bridgehead atoms. The largest absolute Gasteiger partial charge is 0.493 e. The third kappa shape index (κ3) is 4.09. The van der Waals surface area contributed by atoms with Crippen LogP contribution in [0.4, 0.5) is 0 Å². The molecule has 0 spiro atoms. The van der Waals surface area contributed by atoms with Crippen LogP contribution in [0.2, 0.25) is 0 Å². The van der Waals surface area contributed by atoms with E-state index < -0.39 is 5.97 Å². The number of esters is 1. The van der Waals surface area contributed by atoms with E-state index in [-0.39, 0.29) is 6.61 Å². The normalized spacial score (nSPS) is 10.7. The Morgan fingerprint density at radius 1 is 1.21 bits per heavy atom. The minimum absolute atomic E-state index is 0.0112. The molecule has 6 nitrogen and oxygen atoms in total. The van der Waals surface area contributed by atoms with Gasteiger partial charge in [0.1, 0.15) is 12.7 Å². The van der Waals surface area contributed by atoms with E-state index in [0.717, 1.165) is 5.52 Å². The average molecular weight is 378 g/mol. The highest BCUT2D eigenvalue weighted by molar-refractivity contribution is 5.90. The molecular weight excluding hydrogens is 356 g/mol. The Morgan fingerprint density at radius 3 is 2.75 bits per heavy atom. The fourth-order valence-corrected chi connectivity index (χ4v) is 2.81. The monoisotopic (exact) mass is 378 g/mol. The zero-order valence-electron chi connectivity index (χ0n) is 16.1. The number of pyridine rings is 1. The Bertz CT molecular complexity index is 1030. The van der Waals surface area contributed by atoms with Gasteiger partial charge in [-0.3, -0.25) is 0 Å². The number of nitriles is 1. The lowest BCUT2D eigenvalue weighted by Crippen LogP contribution is -2.08. The van der Waals surface area contributed by atoms with Crippen LogP contribution in [0.1, 0.15) is 35.3 Å². The minimum atomic E-state index is -0.493. The fourth-order valence-electron chi connectivity index (χ4n) is 2.81. The first-order chi connectivity index (χ1) is 13.5. The highest BCUT2D eigenvalue weighted by Crippen LogP contribution is 2.29. The summed E-state index contributed by atoms with van der Waals surface area (Å²) in [6, 6.07) is 12.7. The lowest BCUT2D eigenvalue weighted by Gasteiger charge is -2.13. The van der Waals surface area contributed by atoms with Crippen molar-refractivity contribution in [2.75, 3.05) is 13.7 Å². The molecule has 0 saturated carbocycles. The summed E-state index contributed by atoms with van der Waals surface area (Å²) in [6.07, 6.45) is 3.65. The Balaban J connectivity index is 1.74. The van der Waals surface area contributed by atoms with E-state index in [9.17, 15) is 10.1 Å². The van der Waals surface area contributed by atoms with Crippen molar-refractivity contribution in [3.63, 3.8) is 0 Å². The van der Waals surface area contributed by atoms with Gasteiger partial charge in [-0.25, -0.2) is 4.79 Å². The predicted molar refractivity (Wildman–Crippen MR) is 105 cm³/mol. The quantitative estimate of drug-likeness (QED) is 0.576. The lowest BCUT2D eigenvalue weighted by molar-refractivity contribution is 0.0472. The molecule has 0 amide bonds. The summed E-state index contributed by atoms with van der Waals surface area (Å²) < 4.78 is 18.3. The van der Waals surface area contributed by atoms with Gasteiger partial charge in [0, 0.05) is 18.0 Å². The molecule has 0 saturated heterocycles. The summed E-state index contributed by atoms with van der Waals surface area (Å²) in [7, 11) is 1.53. The summed E-state index contributed by atoms with van der Waals surface area (Å²) in [4.78, 5) is 12.5. The van der Waals surface area contributed by atoms with Gasteiger partial charge in [0.05, 0.1) is 30.4 Å². The van der Waals surface area contributed by atoms with Crippen LogP contribution in [0.5, 0.6) is 11.5 Å². The van der Waals surface area contributed by atoms with Crippen molar-refractivity contribution in [3.05, 3.63) is 65.5 Å². The number of carbonyl (C=O) groups excluding carboxylic acids is 1. The van der Waals surface area contributed by atoms with E-state index in [2.05, 4.69) is 19.9 Å². The standard InChI is InChI=1S/C22H22N2O4/c1-15(2)13-27-20-8-7-16(10-21(20)26-3)22(25)28-14-17-12-24-9-5-4-6-19(24)18(17)11-23/h4-10,12,15H,13-14H2,1-3H3. The minimum Gasteiger partial charge on any atom is -0.493 e. The van der Waals surface area contributed by atoms with E-state index in [1.165, 1.54) is 7.11 Å². The first-order valence-corrected chi connectivity index (χ1v) is 9.00. The average Bonchev–Trinajstić information content (AvgIpc) is 3.07. The number of nitrogens with zero attached hydrogens (tertiary/aromatic N) is 2. The molecule has 1 aromatic carbocycles. The molecule has 2 heterocycles. The van der Waals surface area contributed by atoms with Gasteiger partial charge >= 0.3 is 5.97 Å². The molecule has 0 aliphatic rings. The summed E-state index contributed by atoms with van der Waals surface area (Å²) in [5.74, 6) is 0.940. The van der Waals surface area contributed by atoms with E-state index in [1.54, 1.807) is 24.4 Å². The third-order valence-electron chi connectivity index (χ3n) is 4.20. The number of benzene rings is 1. The Hall–Kier alpha value is -3.46. The number of hydrogen-bond acceptors (Lipinski definition) is 5. The maximum atomic E-state index is 12.5. The van der Waals surface area contributed by atoms with E-state index in [4.69, 9.17) is 14.2 Å². The van der Waals surface area contributed by atoms with Crippen molar-refractivity contribution in [2.24, 2.45) is 5.92 Å². The van der Waals surface area contributed by atoms with Crippen molar-refractivity contribution >= 4 is 11.5 Å². The highest BCUT2D eigenvalue weighted by Gasteiger charge is 2.15. The van der Waals surface area contributed by atoms with Crippen molar-refractivity contribution in [3.8, 4) is 17.6 Å². The Kier molecular flexibility index (Phi) is 5.85. The van der Waals surface area contributed by atoms with Gasteiger partial charge in [-0.15, -0.1) is 0 Å². The van der Waals surface area contributed by atoms with Gasteiger partial charge in [0.15, 0.2) is 11.5 Å². The maximum Gasteiger partial charge on any atom is 0.338 e. The molecule has 0 radical (unpaired) electrons. The van der Waals surface area contributed by atoms with Crippen molar-refractivity contribution in [1.82, 2.24) is 4.40 Å². The highest BCUT2D eigenvalue weighted by atomic mass is 16.5. The maximum absolute atomic E-state index is 12.5. The van der Waals surface area contributed by atoms with Crippen LogP contribution >= 0.6 is 0 Å². The third-order valence-corrected chi connectivity index (χ3v) is 4.20. The van der Waals surface area contributed by atoms with Crippen LogP contribution in [-0.2, 0) is 11.3 Å². The van der Waals surface area contributed by atoms with Crippen LogP contribution in [-0.4, -0.2) is 24.1 Å². The summed E-state index contributed by atoms with van der Waals surface area (Å²) in [6.45, 7) is 4.68. The number of rotatable bonds is 7. The van der Waals surface area contributed by atoms with Crippen LogP contribution in [0.15, 0.2) is 48.8 Å². The van der Waals surface area contributed by atoms with E-state index >= 15 is 0 Å². The summed E-state index contributed by atoms with van der Waals surface area (Å²) in [5.41, 5.74) is 2.30. The molecule has 28 heavy (non-hydrogen) atoms. The van der Waals surface area contributed by atoms with Crippen LogP contribution < -0.4 is 9.47 Å². The number of hydrogen-bond donors (Lipinski definition) is 0. The second kappa shape index (κ2) is 8.49. The van der Waals surface area contributed by atoms with Gasteiger partial charge in [-0.1, -0.05) is 19.9 Å². The van der Waals surface area contributed by atoms with Crippen molar-refractivity contribution in [2.45, 2.75) is 20.5 Å². The molecule has 0 N–H and O–H groups in total. The SMILES string of the molecule is COc1cc(C(=O)OCc2cn3ccccc3c2C#N)ccc1OCC(C)C. The molecule has 2 aromatic heterocycles. The molecule has 0 fully saturated rings. The molecule has 0 unspecified atom stereocenters. The predicted octanol–water partition coefficient (Wildman–Crippen LogP) is 4.21. The zero-order valence-corrected chi connectivity index (χ0v) is 16.1. The lowest BCUT2D eigenvalue weighted by atomic mass is 10.2. The molecular formula is C22H22N2O4. The number of ether oxygens (including phenoxy) is 3. The van der Waals surface area contributed by atoms with Crippen molar-refractivity contribution in [1.29, 1.82) is 5.26 Å². The molecule has 6 heteroatoms. The number of carbonyl (C=O) groups is 1. The molecule has 0 aliphatic carbocycles. The van der Waals surface area contributed by atoms with Crippen LogP contribution in [0.25, 0.3) is 5.52 Å². The second-order valence-electron chi connectivity index (χ2n) is 6.78. The smallest absolute Gasteiger partial charge is 0.338 e. The summed E-state index contributed by atoms with van der Waals surface area (Å²) >= 11 is 0. The van der Waals surface area contributed by atoms with Gasteiger partial charge in [-0.05, 0) is 36.2 Å². The molecule has 3 aromatic rings. The van der Waals surface area contributed by atoms with Crippen LogP contribution in [0.3, 0.4) is 0 Å². The Morgan fingerprint density at radius 2 is 2.04 bits per heavy atom. The topological polar surface area (TPSA) is 73.0 Å². The van der Waals surface area contributed by atoms with Gasteiger partial charge < -0.3 is 18.6 Å². The molecule has 3 rings (SSSR count). The fraction of sp³-hybridized carbons (Fsp3) is 0.273. The Labute approximate surface area is 163 Å². The molecule has 0 atom stereocenters. The summed E-state index contributed by atoms with van der Waals surface area (Å²) in [5, 5.41) is 9.44. The number of methoxy groups -OCH3 is 1. The first-order valence-electron chi connectivity index (χ1n) is 9.00. The van der Waals surface area contributed by atoms with Gasteiger partial charge in [-0.2, -0.15) is 5.26 Å². The second-order valence-corrected chi connectivity index (χ2v) is 6.78.